The Bertz CT molecular complexity index is 1110. The molecule has 1 aromatic carbocycles. The number of nitrogens with one attached hydrogen (secondary N) is 2. The Hall–Kier alpha value is -2.65. The molecule has 2 heterocycles. The number of rotatable bonds is 11. The number of hydrogen-bond acceptors (Lipinski definition) is 7. The van der Waals surface area contributed by atoms with Gasteiger partial charge in [-0.3, -0.25) is 14.4 Å². The second kappa shape index (κ2) is 13.6. The Morgan fingerprint density at radius 3 is 2.44 bits per heavy atom. The maximum atomic E-state index is 14.0. The first-order valence-corrected chi connectivity index (χ1v) is 15.2. The number of benzene rings is 1. The molecule has 0 unspecified atom stereocenters. The first kappa shape index (κ1) is 29.3. The summed E-state index contributed by atoms with van der Waals surface area (Å²) >= 11 is 1.14. The molecule has 2 aliphatic rings. The quantitative estimate of drug-likeness (QED) is 0.372. The second-order valence-corrected chi connectivity index (χ2v) is 12.2. The molecule has 0 radical (unpaired) electrons. The number of carbonyl (C=O) groups is 3. The second-order valence-electron chi connectivity index (χ2n) is 11.5. The van der Waals surface area contributed by atoms with Gasteiger partial charge in [-0.2, -0.15) is 0 Å². The van der Waals surface area contributed by atoms with E-state index in [1.165, 1.54) is 0 Å². The summed E-state index contributed by atoms with van der Waals surface area (Å²) in [6, 6.07) is 9.07. The van der Waals surface area contributed by atoms with Gasteiger partial charge in [0.05, 0.1) is 12.0 Å². The van der Waals surface area contributed by atoms with Gasteiger partial charge < -0.3 is 15.4 Å². The fourth-order valence-electron chi connectivity index (χ4n) is 5.84. The molecule has 9 heteroatoms. The lowest BCUT2D eigenvalue weighted by Gasteiger charge is -2.40. The molecule has 1 aliphatic heterocycles. The van der Waals surface area contributed by atoms with E-state index in [0.717, 1.165) is 49.2 Å². The molecule has 4 rings (SSSR count). The van der Waals surface area contributed by atoms with Crippen LogP contribution in [0, 0.1) is 23.2 Å². The van der Waals surface area contributed by atoms with Crippen molar-refractivity contribution in [2.24, 2.45) is 23.2 Å². The fraction of sp³-hybridized carbons (Fsp3) is 0.633. The molecule has 2 amide bonds. The number of nitrogens with zero attached hydrogens (tertiary/aromatic N) is 2. The van der Waals surface area contributed by atoms with E-state index >= 15 is 0 Å². The summed E-state index contributed by atoms with van der Waals surface area (Å²) in [5, 5.41) is 11.0. The first-order valence-electron chi connectivity index (χ1n) is 14.4. The van der Waals surface area contributed by atoms with Crippen LogP contribution in [0.1, 0.15) is 78.6 Å². The Labute approximate surface area is 235 Å². The molecule has 8 nitrogen and oxygen atoms in total. The Morgan fingerprint density at radius 1 is 1.08 bits per heavy atom. The summed E-state index contributed by atoms with van der Waals surface area (Å²) in [7, 11) is 0. The van der Waals surface area contributed by atoms with Crippen LogP contribution in [0.25, 0.3) is 11.3 Å². The smallest absolute Gasteiger partial charge is 0.229 e. The topological polar surface area (TPSA) is 110 Å². The van der Waals surface area contributed by atoms with Gasteiger partial charge in [0.1, 0.15) is 10.7 Å². The molecule has 212 valence electrons. The minimum atomic E-state index is -0.564. The number of amides is 2. The highest BCUT2D eigenvalue weighted by atomic mass is 32.1. The van der Waals surface area contributed by atoms with E-state index in [9.17, 15) is 14.4 Å². The van der Waals surface area contributed by atoms with E-state index in [1.807, 2.05) is 44.2 Å². The zero-order chi connectivity index (χ0) is 27.8. The number of ketones is 1. The van der Waals surface area contributed by atoms with Gasteiger partial charge in [-0.15, -0.1) is 5.10 Å². The van der Waals surface area contributed by atoms with E-state index in [1.54, 1.807) is 0 Å². The number of carbonyl (C=O) groups excluding carboxylic acids is 3. The molecule has 0 bridgehead atoms. The Balaban J connectivity index is 1.58. The highest BCUT2D eigenvalue weighted by Gasteiger charge is 2.44. The lowest BCUT2D eigenvalue weighted by molar-refractivity contribution is -0.136. The van der Waals surface area contributed by atoms with E-state index in [2.05, 4.69) is 27.1 Å². The van der Waals surface area contributed by atoms with Crippen molar-refractivity contribution in [3.8, 4) is 11.3 Å². The number of ether oxygens (including phenoxy) is 1. The molecule has 2 fully saturated rings. The Kier molecular flexibility index (Phi) is 10.2. The monoisotopic (exact) mass is 554 g/mol. The van der Waals surface area contributed by atoms with Crippen LogP contribution in [0.3, 0.4) is 0 Å². The van der Waals surface area contributed by atoms with Crippen LogP contribution in [0.4, 0.5) is 5.00 Å². The van der Waals surface area contributed by atoms with Crippen molar-refractivity contribution < 1.29 is 19.1 Å². The predicted octanol–water partition coefficient (Wildman–Crippen LogP) is 5.65. The minimum Gasteiger partial charge on any atom is -0.381 e. The van der Waals surface area contributed by atoms with Gasteiger partial charge in [-0.1, -0.05) is 74.9 Å². The third-order valence-electron chi connectivity index (χ3n) is 8.80. The van der Waals surface area contributed by atoms with E-state index in [0.29, 0.717) is 43.2 Å². The molecule has 3 atom stereocenters. The van der Waals surface area contributed by atoms with Gasteiger partial charge in [0.2, 0.25) is 11.8 Å². The maximum absolute atomic E-state index is 14.0. The van der Waals surface area contributed by atoms with Gasteiger partial charge in [0.15, 0.2) is 5.78 Å². The minimum absolute atomic E-state index is 0.0443. The van der Waals surface area contributed by atoms with Crippen LogP contribution >= 0.6 is 11.5 Å². The standard InChI is InChI=1S/C30H42N4O4S/c1-4-20(2)27(36)31-25(21-11-7-5-8-12-21)24(35)19-23(30(3)15-17-38-18-16-30)28(37)32-29-26(33-34-39-29)22-13-9-6-10-14-22/h6,9-10,13-14,20-21,23,25H,4-5,7-8,11-12,15-19H2,1-3H3,(H,31,36)(H,32,37)/t20-,23-,25+/m1/s1. The van der Waals surface area contributed by atoms with Gasteiger partial charge in [-0.25, -0.2) is 0 Å². The van der Waals surface area contributed by atoms with Crippen molar-refractivity contribution in [1.82, 2.24) is 14.9 Å². The van der Waals surface area contributed by atoms with Crippen molar-refractivity contribution in [2.45, 2.75) is 84.6 Å². The summed E-state index contributed by atoms with van der Waals surface area (Å²) < 4.78 is 9.72. The highest BCUT2D eigenvalue weighted by Crippen LogP contribution is 2.42. The molecule has 2 N–H and O–H groups in total. The van der Waals surface area contributed by atoms with E-state index in [-0.39, 0.29) is 35.9 Å². The summed E-state index contributed by atoms with van der Waals surface area (Å²) in [5.74, 6) is -0.940. The first-order chi connectivity index (χ1) is 18.8. The Morgan fingerprint density at radius 2 is 1.77 bits per heavy atom. The summed E-state index contributed by atoms with van der Waals surface area (Å²) in [6.45, 7) is 7.07. The van der Waals surface area contributed by atoms with Crippen LogP contribution in [0.2, 0.25) is 0 Å². The number of anilines is 1. The lowest BCUT2D eigenvalue weighted by Crippen LogP contribution is -2.50. The number of aromatic nitrogens is 2. The molecule has 2 aromatic rings. The normalized spacial score (nSPS) is 20.0. The van der Waals surface area contributed by atoms with Crippen molar-refractivity contribution in [2.75, 3.05) is 18.5 Å². The predicted molar refractivity (Wildman–Crippen MR) is 153 cm³/mol. The molecule has 1 saturated heterocycles. The molecule has 1 aromatic heterocycles. The van der Waals surface area contributed by atoms with Crippen molar-refractivity contribution in [3.05, 3.63) is 30.3 Å². The van der Waals surface area contributed by atoms with Crippen molar-refractivity contribution >= 4 is 34.1 Å². The molecular weight excluding hydrogens is 512 g/mol. The SMILES string of the molecule is CC[C@@H](C)C(=O)N[C@H](C(=O)C[C@H](C(=O)Nc1snnc1-c1ccccc1)C1(C)CCOCC1)C1CCCCC1. The molecule has 1 saturated carbocycles. The van der Waals surface area contributed by atoms with Gasteiger partial charge in [-0.05, 0) is 43.4 Å². The highest BCUT2D eigenvalue weighted by molar-refractivity contribution is 7.10. The fourth-order valence-corrected chi connectivity index (χ4v) is 6.43. The van der Waals surface area contributed by atoms with Crippen LogP contribution in [-0.4, -0.2) is 46.4 Å². The van der Waals surface area contributed by atoms with Crippen molar-refractivity contribution in [1.29, 1.82) is 0 Å². The van der Waals surface area contributed by atoms with Crippen LogP contribution in [0.15, 0.2) is 30.3 Å². The average molecular weight is 555 g/mol. The van der Waals surface area contributed by atoms with E-state index in [4.69, 9.17) is 4.74 Å². The third-order valence-corrected chi connectivity index (χ3v) is 9.44. The molecule has 0 spiro atoms. The van der Waals surface area contributed by atoms with Crippen molar-refractivity contribution in [3.63, 3.8) is 0 Å². The zero-order valence-electron chi connectivity index (χ0n) is 23.4. The number of Topliss-reactive ketones (excluding diaryl/α,β-unsaturated/α-hetero) is 1. The van der Waals surface area contributed by atoms with Crippen LogP contribution in [-0.2, 0) is 19.1 Å². The van der Waals surface area contributed by atoms with Crippen LogP contribution in [0.5, 0.6) is 0 Å². The molecule has 1 aliphatic carbocycles. The largest absolute Gasteiger partial charge is 0.381 e. The van der Waals surface area contributed by atoms with E-state index < -0.39 is 17.4 Å². The number of hydrogen-bond donors (Lipinski definition) is 2. The van der Waals surface area contributed by atoms with Gasteiger partial charge in [0, 0.05) is 42.6 Å². The van der Waals surface area contributed by atoms with Gasteiger partial charge in [0.25, 0.3) is 0 Å². The summed E-state index contributed by atoms with van der Waals surface area (Å²) in [5.41, 5.74) is 1.09. The molecular formula is C30H42N4O4S. The third kappa shape index (κ3) is 7.31. The molecule has 39 heavy (non-hydrogen) atoms. The van der Waals surface area contributed by atoms with Crippen LogP contribution < -0.4 is 10.6 Å². The maximum Gasteiger partial charge on any atom is 0.229 e. The lowest BCUT2D eigenvalue weighted by atomic mass is 9.68. The zero-order valence-corrected chi connectivity index (χ0v) is 24.2. The van der Waals surface area contributed by atoms with Gasteiger partial charge >= 0.3 is 0 Å². The average Bonchev–Trinajstić information content (AvgIpc) is 3.43. The summed E-state index contributed by atoms with van der Waals surface area (Å²) in [6.07, 6.45) is 7.31. The summed E-state index contributed by atoms with van der Waals surface area (Å²) in [4.78, 5) is 40.9.